The first kappa shape index (κ1) is 30.8. The zero-order valence-electron chi connectivity index (χ0n) is 10.6. The number of methoxy groups -OCH3 is 1. The zero-order chi connectivity index (χ0) is 17.4. The molecule has 0 aromatic heterocycles. The van der Waals surface area contributed by atoms with E-state index in [1.165, 1.54) is 0 Å². The molecule has 7 heteroatoms. The van der Waals surface area contributed by atoms with Gasteiger partial charge in [-0.25, -0.2) is 0 Å². The second-order valence-electron chi connectivity index (χ2n) is 1.86. The number of hydrogen-bond donors (Lipinski definition) is 0. The van der Waals surface area contributed by atoms with Gasteiger partial charge in [-0.05, 0) is 0 Å². The summed E-state index contributed by atoms with van der Waals surface area (Å²) < 4.78 is 6.03. The molecular weight excluding hydrogens is 348 g/mol. The maximum absolute atomic E-state index is 7.75. The first-order valence-corrected chi connectivity index (χ1v) is 5.16. The summed E-state index contributed by atoms with van der Waals surface area (Å²) in [7, 11) is 1.69. The minimum Gasteiger partial charge on any atom is -0.545 e. The van der Waals surface area contributed by atoms with Gasteiger partial charge in [0.1, 0.15) is 0 Å². The summed E-state index contributed by atoms with van der Waals surface area (Å²) in [5.41, 5.74) is 1.15. The van der Waals surface area contributed by atoms with Crippen LogP contribution in [0.15, 0.2) is 30.3 Å². The summed E-state index contributed by atoms with van der Waals surface area (Å²) in [6.45, 7) is 16.2. The molecule has 0 atom stereocenters. The van der Waals surface area contributed by atoms with Crippen LogP contribution in [-0.2, 0) is 48.1 Å². The number of hydrogen-bond acceptors (Lipinski definition) is 6. The van der Waals surface area contributed by atoms with Crippen molar-refractivity contribution in [3.63, 3.8) is 0 Å². The predicted octanol–water partition coefficient (Wildman–Crippen LogP) is -0.0127. The number of benzene rings is 1. The van der Waals surface area contributed by atoms with Crippen molar-refractivity contribution < 1.29 is 48.1 Å². The fraction of sp³-hybridized carbons (Fsp3) is 0.0769. The van der Waals surface area contributed by atoms with E-state index in [0.29, 0.717) is 0 Å². The summed E-state index contributed by atoms with van der Waals surface area (Å²) >= 11 is 1.88. The Balaban J connectivity index is -0.0000000639. The van der Waals surface area contributed by atoms with E-state index in [4.69, 9.17) is 28.7 Å². The van der Waals surface area contributed by atoms with Crippen molar-refractivity contribution in [2.75, 3.05) is 7.11 Å². The maximum atomic E-state index is 7.75. The van der Waals surface area contributed by atoms with Gasteiger partial charge in [0.05, 0.1) is 0 Å². The molecule has 0 aliphatic carbocycles. The van der Waals surface area contributed by atoms with Crippen LogP contribution < -0.4 is 0 Å². The molecule has 0 radical (unpaired) electrons. The molecule has 0 heterocycles. The Kier molecular flexibility index (Phi) is 67.0. The Morgan fingerprint density at radius 2 is 1.10 bits per heavy atom. The van der Waals surface area contributed by atoms with Gasteiger partial charge in [-0.15, -0.1) is 0 Å². The van der Waals surface area contributed by atoms with Gasteiger partial charge in [-0.3, -0.25) is 33.9 Å². The van der Waals surface area contributed by atoms with Gasteiger partial charge in [-0.1, -0.05) is 0 Å². The molecule has 6 nitrogen and oxygen atoms in total. The Bertz CT molecular complexity index is 283. The normalized spacial score (nSPS) is 5.65. The van der Waals surface area contributed by atoms with E-state index in [0.717, 1.165) is 9.65 Å². The third kappa shape index (κ3) is 25.1. The van der Waals surface area contributed by atoms with Crippen molar-refractivity contribution in [2.45, 2.75) is 0 Å². The molecule has 0 saturated heterocycles. The molecular formula is C13H13MoO6-5. The fourth-order valence-corrected chi connectivity index (χ4v) is 1.03. The quantitative estimate of drug-likeness (QED) is 0.418. The van der Waals surface area contributed by atoms with E-state index in [9.17, 15) is 0 Å². The van der Waals surface area contributed by atoms with Gasteiger partial charge in [0.25, 0.3) is 0 Å². The zero-order valence-corrected chi connectivity index (χ0v) is 12.6. The summed E-state index contributed by atoms with van der Waals surface area (Å²) in [4.78, 5) is 38.8. The molecule has 1 rings (SSSR count). The molecule has 0 amide bonds. The average molecular weight is 361 g/mol. The van der Waals surface area contributed by atoms with Crippen LogP contribution in [0.4, 0.5) is 0 Å². The van der Waals surface area contributed by atoms with E-state index >= 15 is 0 Å². The minimum atomic E-state index is 0.969. The molecule has 0 bridgehead atoms. The largest absolute Gasteiger partial charge is 0.545 e. The summed E-state index contributed by atoms with van der Waals surface area (Å²) in [5, 5.41) is 0. The fourth-order valence-electron chi connectivity index (χ4n) is 0.692. The van der Waals surface area contributed by atoms with Crippen molar-refractivity contribution >= 4 is 38.0 Å². The second kappa shape index (κ2) is 43.5. The summed E-state index contributed by atoms with van der Waals surface area (Å²) in [6, 6.07) is 10.1. The molecule has 0 aliphatic heterocycles. The standard InChI is InChI=1S/C8H8O.5CHO.Mo/c1-9-7-8-5-3-2-4-6-8;5*1-2;/h2-6H,1H3;5*1H;/q;5*-1;. The Hall–Kier alpha value is -1.91. The second-order valence-corrected chi connectivity index (χ2v) is 2.77. The maximum Gasteiger partial charge on any atom is -0.282 e. The molecule has 0 N–H and O–H groups in total. The third-order valence-electron chi connectivity index (χ3n) is 1.19. The van der Waals surface area contributed by atoms with Crippen molar-refractivity contribution in [2.24, 2.45) is 0 Å². The smallest absolute Gasteiger partial charge is 0.282 e. The Morgan fingerprint density at radius 3 is 1.35 bits per heavy atom. The van der Waals surface area contributed by atoms with Crippen LogP contribution in [-0.4, -0.2) is 45.1 Å². The molecule has 0 aliphatic rings. The molecule has 20 heavy (non-hydrogen) atoms. The minimum absolute atomic E-state index is 0.969. The Labute approximate surface area is 129 Å². The SMILES string of the molecule is CO[C](=[Mo])c1ccccc1.[CH-]=O.[CH-]=O.[CH-]=O.[CH-]=O.[CH-]=O. The van der Waals surface area contributed by atoms with Crippen LogP contribution in [0.25, 0.3) is 0 Å². The number of rotatable bonds is 2. The first-order chi connectivity index (χ1) is 9.84. The molecule has 0 fully saturated rings. The van der Waals surface area contributed by atoms with Gasteiger partial charge in [-0.2, -0.15) is 0 Å². The average Bonchev–Trinajstić information content (AvgIpc) is 2.63. The van der Waals surface area contributed by atoms with Gasteiger partial charge in [0, 0.05) is 0 Å². The summed E-state index contributed by atoms with van der Waals surface area (Å²) in [5.74, 6) is 0. The molecule has 0 unspecified atom stereocenters. The van der Waals surface area contributed by atoms with Crippen molar-refractivity contribution in [1.29, 1.82) is 0 Å². The van der Waals surface area contributed by atoms with Crippen molar-refractivity contribution in [1.82, 2.24) is 0 Å². The van der Waals surface area contributed by atoms with Gasteiger partial charge in [0.15, 0.2) is 0 Å². The van der Waals surface area contributed by atoms with Crippen molar-refractivity contribution in [3.8, 4) is 0 Å². The molecule has 0 spiro atoms. The van der Waals surface area contributed by atoms with Crippen LogP contribution in [0.1, 0.15) is 5.56 Å². The van der Waals surface area contributed by atoms with Crippen LogP contribution in [0.2, 0.25) is 0 Å². The van der Waals surface area contributed by atoms with Crippen LogP contribution in [0, 0.1) is 0 Å². The first-order valence-electron chi connectivity index (χ1n) is 4.16. The van der Waals surface area contributed by atoms with E-state index < -0.39 is 0 Å². The number of carbonyl (C=O) groups excluding carboxylic acids is 5. The van der Waals surface area contributed by atoms with Crippen LogP contribution >= 0.6 is 0 Å². The summed E-state index contributed by atoms with van der Waals surface area (Å²) in [6.07, 6.45) is 0. The van der Waals surface area contributed by atoms with Crippen LogP contribution in [0.3, 0.4) is 0 Å². The van der Waals surface area contributed by atoms with Crippen molar-refractivity contribution in [3.05, 3.63) is 35.9 Å². The molecule has 0 saturated carbocycles. The predicted molar refractivity (Wildman–Crippen MR) is 71.3 cm³/mol. The Morgan fingerprint density at radius 1 is 0.800 bits per heavy atom. The molecule has 1 aromatic rings. The monoisotopic (exact) mass is 363 g/mol. The topological polar surface area (TPSA) is 94.6 Å². The van der Waals surface area contributed by atoms with Gasteiger partial charge >= 0.3 is 71.2 Å². The van der Waals surface area contributed by atoms with E-state index in [2.05, 4.69) is 33.9 Å². The van der Waals surface area contributed by atoms with Gasteiger partial charge < -0.3 is 24.0 Å². The van der Waals surface area contributed by atoms with E-state index in [1.807, 2.05) is 49.7 Å². The molecule has 112 valence electrons. The van der Waals surface area contributed by atoms with Gasteiger partial charge in [0.2, 0.25) is 0 Å². The number of ether oxygens (including phenoxy) is 1. The van der Waals surface area contributed by atoms with E-state index in [-0.39, 0.29) is 0 Å². The van der Waals surface area contributed by atoms with E-state index in [1.54, 1.807) is 7.11 Å². The van der Waals surface area contributed by atoms with Crippen LogP contribution in [0.5, 0.6) is 0 Å². The molecule has 1 aromatic carbocycles. The third-order valence-corrected chi connectivity index (χ3v) is 2.18.